The first-order valence-electron chi connectivity index (χ1n) is 0.756. The maximum absolute atomic E-state index is 9.92. The molecule has 0 aliphatic rings. The van der Waals surface area contributed by atoms with Crippen molar-refractivity contribution < 1.29 is 35.5 Å². The Bertz CT molecular complexity index is 19.1. The third-order valence-corrected chi connectivity index (χ3v) is 0. The molecule has 5 heavy (non-hydrogen) atoms. The van der Waals surface area contributed by atoms with Crippen molar-refractivity contribution in [2.45, 2.75) is 0 Å². The molecule has 0 aliphatic carbocycles. The fraction of sp³-hybridized carbons (Fsp3) is 0. The summed E-state index contributed by atoms with van der Waals surface area (Å²) in [5, 5.41) is 0. The summed E-state index contributed by atoms with van der Waals surface area (Å²) in [6.45, 7) is 0. The Kier molecular flexibility index (Phi) is 1.71. The average Bonchev–Trinajstić information content (AvgIpc) is 0.722. The van der Waals surface area contributed by atoms with Gasteiger partial charge in [-0.15, -0.1) is 0 Å². The second-order valence-electron chi connectivity index (χ2n) is 0.429. The summed E-state index contributed by atoms with van der Waals surface area (Å²) in [7, 11) is 0. The molecular formula is F4U. The van der Waals surface area contributed by atoms with Crippen molar-refractivity contribution in [3.8, 4) is 0 Å². The second-order valence-corrected chi connectivity index (χ2v) is 4.00. The molecule has 5 heteroatoms. The van der Waals surface area contributed by atoms with Gasteiger partial charge in [-0.2, -0.15) is 0 Å². The van der Waals surface area contributed by atoms with E-state index >= 15 is 0 Å². The van der Waals surface area contributed by atoms with E-state index in [1.807, 2.05) is 0 Å². The molecule has 0 saturated heterocycles. The Morgan fingerprint density at radius 3 is 0.800 bits per heavy atom. The zero-order valence-corrected chi connectivity index (χ0v) is 6.18. The quantitative estimate of drug-likeness (QED) is 0.597. The summed E-state index contributed by atoms with van der Waals surface area (Å²) >= 11 is -7.34. The SMILES string of the molecule is [F][U]([F])([F])[F]. The molecule has 0 N–H and O–H groups in total. The molecule has 0 fully saturated rings. The first-order chi connectivity index (χ1) is 2.00. The minimum absolute atomic E-state index is 7.34. The maximum atomic E-state index is 9.92. The van der Waals surface area contributed by atoms with Gasteiger partial charge in [0, 0.05) is 0 Å². The minimum atomic E-state index is -7.34. The number of halogens is 4. The van der Waals surface area contributed by atoms with Crippen LogP contribution in [0.2, 0.25) is 0 Å². The van der Waals surface area contributed by atoms with Gasteiger partial charge < -0.3 is 0 Å². The summed E-state index contributed by atoms with van der Waals surface area (Å²) in [6, 6.07) is 0. The van der Waals surface area contributed by atoms with Crippen LogP contribution in [0.15, 0.2) is 0 Å². The molecule has 0 nitrogen and oxygen atoms in total. The van der Waals surface area contributed by atoms with Crippen LogP contribution >= 0.6 is 0 Å². The molecule has 0 heterocycles. The van der Waals surface area contributed by atoms with Gasteiger partial charge >= 0.3 is 35.5 Å². The number of hydrogen-bond acceptors (Lipinski definition) is 0. The normalized spacial score (nSPS) is 12.0. The molecular weight excluding hydrogens is 314 g/mol. The van der Waals surface area contributed by atoms with Crippen LogP contribution in [0.4, 0.5) is 8.40 Å². The van der Waals surface area contributed by atoms with Gasteiger partial charge in [-0.1, -0.05) is 0 Å². The fourth-order valence-electron chi connectivity index (χ4n) is 0. The molecule has 0 saturated carbocycles. The third-order valence-electron chi connectivity index (χ3n) is 0. The summed E-state index contributed by atoms with van der Waals surface area (Å²) < 4.78 is 39.7. The van der Waals surface area contributed by atoms with Crippen LogP contribution < -0.4 is 0 Å². The average molecular weight is 314 g/mol. The van der Waals surface area contributed by atoms with Crippen molar-refractivity contribution in [2.75, 3.05) is 0 Å². The third kappa shape index (κ3) is 61.5. The Morgan fingerprint density at radius 1 is 0.800 bits per heavy atom. The van der Waals surface area contributed by atoms with Gasteiger partial charge in [0.25, 0.3) is 0 Å². The van der Waals surface area contributed by atoms with Crippen LogP contribution in [0.1, 0.15) is 0 Å². The van der Waals surface area contributed by atoms with Crippen LogP contribution in [0.3, 0.4) is 0 Å². The molecule has 0 bridgehead atoms. The van der Waals surface area contributed by atoms with Gasteiger partial charge in [-0.25, -0.2) is 0 Å². The van der Waals surface area contributed by atoms with E-state index in [9.17, 15) is 8.40 Å². The van der Waals surface area contributed by atoms with E-state index in [0.717, 1.165) is 0 Å². The Hall–Kier alpha value is 0.772. The van der Waals surface area contributed by atoms with Crippen molar-refractivity contribution in [2.24, 2.45) is 0 Å². The van der Waals surface area contributed by atoms with Crippen LogP contribution in [-0.2, 0) is 0 Å². The predicted molar refractivity (Wildman–Crippen MR) is 4.43 cm³/mol. The van der Waals surface area contributed by atoms with E-state index in [2.05, 4.69) is 0 Å². The molecule has 0 amide bonds. The zero-order valence-electron chi connectivity index (χ0n) is 2.01. The van der Waals surface area contributed by atoms with Crippen LogP contribution in [0.5, 0.6) is 0 Å². The molecule has 0 radical (unpaired) electrons. The van der Waals surface area contributed by atoms with Gasteiger partial charge in [-0.3, -0.25) is 0 Å². The van der Waals surface area contributed by atoms with Crippen molar-refractivity contribution in [1.29, 1.82) is 0 Å². The van der Waals surface area contributed by atoms with E-state index in [1.54, 1.807) is 0 Å². The fourth-order valence-corrected chi connectivity index (χ4v) is 0. The molecule has 0 aromatic rings. The molecule has 32 valence electrons. The van der Waals surface area contributed by atoms with E-state index in [4.69, 9.17) is 0 Å². The summed E-state index contributed by atoms with van der Waals surface area (Å²) in [4.78, 5) is 0. The summed E-state index contributed by atoms with van der Waals surface area (Å²) in [5.41, 5.74) is 0. The van der Waals surface area contributed by atoms with Gasteiger partial charge in [0.1, 0.15) is 0 Å². The predicted octanol–water partition coefficient (Wildman–Crippen LogP) is 1.68. The summed E-state index contributed by atoms with van der Waals surface area (Å²) in [5.74, 6) is 0. The van der Waals surface area contributed by atoms with Crippen molar-refractivity contribution in [3.63, 3.8) is 0 Å². The summed E-state index contributed by atoms with van der Waals surface area (Å²) in [6.07, 6.45) is 0. The Morgan fingerprint density at radius 2 is 0.800 bits per heavy atom. The molecule has 0 aliphatic heterocycles. The first-order valence-corrected chi connectivity index (χ1v) is 7.05. The van der Waals surface area contributed by atoms with Crippen LogP contribution in [0.25, 0.3) is 0 Å². The molecule has 0 aromatic carbocycles. The van der Waals surface area contributed by atoms with E-state index in [1.165, 1.54) is 0 Å². The standard InChI is InChI=1S/4FH.U/h4*1H;/q;;;;+4/p-4. The van der Waals surface area contributed by atoms with Gasteiger partial charge in [0.05, 0.1) is 0 Å². The topological polar surface area (TPSA) is 0 Å². The van der Waals surface area contributed by atoms with Gasteiger partial charge in [0.2, 0.25) is 0 Å². The van der Waals surface area contributed by atoms with Crippen molar-refractivity contribution in [3.05, 3.63) is 0 Å². The molecule has 0 rings (SSSR count). The zero-order chi connectivity index (χ0) is 4.50. The van der Waals surface area contributed by atoms with E-state index < -0.39 is 27.1 Å². The van der Waals surface area contributed by atoms with E-state index in [-0.39, 0.29) is 0 Å². The second kappa shape index (κ2) is 1.48. The Labute approximate surface area is 35.7 Å². The van der Waals surface area contributed by atoms with Crippen molar-refractivity contribution >= 4 is 0 Å². The first kappa shape index (κ1) is 5.77. The van der Waals surface area contributed by atoms with Crippen LogP contribution in [-0.4, -0.2) is 0 Å². The number of rotatable bonds is 0. The van der Waals surface area contributed by atoms with Gasteiger partial charge in [-0.05, 0) is 0 Å². The number of hydrogen-bond donors (Lipinski definition) is 0. The molecule has 0 atom stereocenters. The van der Waals surface area contributed by atoms with Gasteiger partial charge in [0.15, 0.2) is 0 Å². The molecule has 0 unspecified atom stereocenters. The molecule has 0 spiro atoms. The Balaban J connectivity index is 3.02. The molecule has 0 aromatic heterocycles. The monoisotopic (exact) mass is 314 g/mol. The van der Waals surface area contributed by atoms with Crippen molar-refractivity contribution in [1.82, 2.24) is 0 Å². The van der Waals surface area contributed by atoms with E-state index in [0.29, 0.717) is 0 Å². The van der Waals surface area contributed by atoms with Crippen LogP contribution in [0, 0.1) is 27.1 Å².